The fourth-order valence-electron chi connectivity index (χ4n) is 3.35. The third kappa shape index (κ3) is 3.81. The van der Waals surface area contributed by atoms with E-state index in [1.54, 1.807) is 12.4 Å². The first-order valence-electron chi connectivity index (χ1n) is 9.16. The van der Waals surface area contributed by atoms with Crippen molar-refractivity contribution in [2.45, 2.75) is 19.3 Å². The summed E-state index contributed by atoms with van der Waals surface area (Å²) in [5.74, 6) is -0.00257. The van der Waals surface area contributed by atoms with Gasteiger partial charge in [0.15, 0.2) is 0 Å². The molecule has 1 aliphatic rings. The number of fused-ring (bicyclic) bond motifs is 1. The molecule has 3 aromatic rings. The predicted molar refractivity (Wildman–Crippen MR) is 102 cm³/mol. The van der Waals surface area contributed by atoms with E-state index in [1.165, 1.54) is 0 Å². The molecule has 2 N–H and O–H groups in total. The number of nitrogens with zero attached hydrogens (tertiary/aromatic N) is 3. The number of rotatable bonds is 5. The fraction of sp³-hybridized carbons (Fsp3) is 0.300. The first-order valence-corrected chi connectivity index (χ1v) is 9.16. The number of likely N-dealkylation sites (tertiary alicyclic amines) is 1. The van der Waals surface area contributed by atoms with Gasteiger partial charge in [0.2, 0.25) is 5.91 Å². The summed E-state index contributed by atoms with van der Waals surface area (Å²) >= 11 is 0. The van der Waals surface area contributed by atoms with E-state index in [0.717, 1.165) is 41.4 Å². The van der Waals surface area contributed by atoms with Crippen LogP contribution < -0.4 is 5.32 Å². The third-order valence-corrected chi connectivity index (χ3v) is 4.86. The quantitative estimate of drug-likeness (QED) is 0.728. The fourth-order valence-corrected chi connectivity index (χ4v) is 3.35. The molecule has 7 nitrogen and oxygen atoms in total. The lowest BCUT2D eigenvalue weighted by atomic mass is 10.1. The summed E-state index contributed by atoms with van der Waals surface area (Å²) in [6, 6.07) is 7.75. The first kappa shape index (κ1) is 17.2. The van der Waals surface area contributed by atoms with Crippen LogP contribution >= 0.6 is 0 Å². The summed E-state index contributed by atoms with van der Waals surface area (Å²) in [6.07, 6.45) is 7.78. The lowest BCUT2D eigenvalue weighted by Gasteiger charge is -2.26. The number of nitrogens with one attached hydrogen (secondary N) is 2. The lowest BCUT2D eigenvalue weighted by molar-refractivity contribution is -0.133. The number of hydrogen-bond donors (Lipinski definition) is 2. The molecule has 0 radical (unpaired) electrons. The molecule has 1 fully saturated rings. The van der Waals surface area contributed by atoms with E-state index in [4.69, 9.17) is 0 Å². The number of amides is 2. The molecule has 3 heterocycles. The van der Waals surface area contributed by atoms with Gasteiger partial charge in [0.05, 0.1) is 17.3 Å². The molecule has 1 aliphatic heterocycles. The Hall–Kier alpha value is -3.22. The normalized spacial score (nSPS) is 14.5. The summed E-state index contributed by atoms with van der Waals surface area (Å²) in [4.78, 5) is 30.5. The molecule has 0 atom stereocenters. The van der Waals surface area contributed by atoms with Crippen LogP contribution in [0.4, 0.5) is 0 Å². The highest BCUT2D eigenvalue weighted by Crippen LogP contribution is 2.23. The average Bonchev–Trinajstić information content (AvgIpc) is 3.23. The van der Waals surface area contributed by atoms with Crippen molar-refractivity contribution < 1.29 is 9.59 Å². The molecular weight excluding hydrogens is 342 g/mol. The highest BCUT2D eigenvalue weighted by atomic mass is 16.2. The van der Waals surface area contributed by atoms with E-state index in [2.05, 4.69) is 20.5 Å². The maximum Gasteiger partial charge on any atom is 0.252 e. The van der Waals surface area contributed by atoms with Gasteiger partial charge in [0.1, 0.15) is 0 Å². The van der Waals surface area contributed by atoms with Crippen LogP contribution in [0.15, 0.2) is 42.9 Å². The van der Waals surface area contributed by atoms with Gasteiger partial charge in [-0.15, -0.1) is 0 Å². The Labute approximate surface area is 156 Å². The van der Waals surface area contributed by atoms with Gasteiger partial charge < -0.3 is 10.2 Å². The Kier molecular flexibility index (Phi) is 4.82. The van der Waals surface area contributed by atoms with E-state index in [1.807, 2.05) is 35.4 Å². The number of pyridine rings is 1. The number of aromatic amines is 1. The van der Waals surface area contributed by atoms with Gasteiger partial charge in [-0.2, -0.15) is 5.10 Å². The molecule has 2 aromatic heterocycles. The molecule has 138 valence electrons. The number of benzene rings is 1. The van der Waals surface area contributed by atoms with Crippen LogP contribution in [0.2, 0.25) is 0 Å². The maximum absolute atomic E-state index is 12.5. The van der Waals surface area contributed by atoms with Crippen LogP contribution in [0, 0.1) is 0 Å². The maximum atomic E-state index is 12.5. The van der Waals surface area contributed by atoms with Gasteiger partial charge in [-0.3, -0.25) is 19.7 Å². The Balaban J connectivity index is 1.44. The van der Waals surface area contributed by atoms with Crippen molar-refractivity contribution in [3.05, 3.63) is 48.4 Å². The summed E-state index contributed by atoms with van der Waals surface area (Å²) in [5, 5.41) is 10.6. The van der Waals surface area contributed by atoms with Crippen molar-refractivity contribution in [1.82, 2.24) is 25.4 Å². The Morgan fingerprint density at radius 2 is 2.11 bits per heavy atom. The van der Waals surface area contributed by atoms with Gasteiger partial charge in [-0.25, -0.2) is 0 Å². The minimum absolute atomic E-state index is 0.176. The van der Waals surface area contributed by atoms with E-state index >= 15 is 0 Å². The first-order chi connectivity index (χ1) is 13.2. The summed E-state index contributed by atoms with van der Waals surface area (Å²) in [5.41, 5.74) is 3.34. The average molecular weight is 363 g/mol. The second-order valence-corrected chi connectivity index (χ2v) is 6.71. The molecule has 0 bridgehead atoms. The second-order valence-electron chi connectivity index (χ2n) is 6.71. The molecule has 1 saturated heterocycles. The Morgan fingerprint density at radius 3 is 2.93 bits per heavy atom. The van der Waals surface area contributed by atoms with Crippen molar-refractivity contribution in [2.75, 3.05) is 19.6 Å². The van der Waals surface area contributed by atoms with Crippen molar-refractivity contribution in [3.8, 4) is 11.1 Å². The molecule has 0 unspecified atom stereocenters. The minimum Gasteiger partial charge on any atom is -0.350 e. The topological polar surface area (TPSA) is 91.0 Å². The van der Waals surface area contributed by atoms with Crippen molar-refractivity contribution >= 4 is 22.7 Å². The molecular formula is C20H21N5O2. The van der Waals surface area contributed by atoms with Crippen LogP contribution in [-0.4, -0.2) is 51.5 Å². The molecule has 0 aliphatic carbocycles. The standard InChI is InChI=1S/C20H21N5O2/c26-19-3-1-2-7-25(19)8-6-21-20(27)16-10-15-9-14(17-12-23-24-13-17)4-5-18(15)22-11-16/h4-5,9-13H,1-3,6-8H2,(H,21,27)(H,23,24). The van der Waals surface area contributed by atoms with E-state index in [0.29, 0.717) is 25.1 Å². The van der Waals surface area contributed by atoms with Crippen LogP contribution in [0.5, 0.6) is 0 Å². The molecule has 7 heteroatoms. The second kappa shape index (κ2) is 7.57. The summed E-state index contributed by atoms with van der Waals surface area (Å²) < 4.78 is 0. The smallest absolute Gasteiger partial charge is 0.252 e. The van der Waals surface area contributed by atoms with Crippen molar-refractivity contribution in [1.29, 1.82) is 0 Å². The minimum atomic E-state index is -0.178. The summed E-state index contributed by atoms with van der Waals surface area (Å²) in [6.45, 7) is 1.77. The summed E-state index contributed by atoms with van der Waals surface area (Å²) in [7, 11) is 0. The highest BCUT2D eigenvalue weighted by molar-refractivity contribution is 5.98. The van der Waals surface area contributed by atoms with Crippen LogP contribution in [0.25, 0.3) is 22.0 Å². The highest BCUT2D eigenvalue weighted by Gasteiger charge is 2.17. The molecule has 1 aromatic carbocycles. The van der Waals surface area contributed by atoms with Crippen LogP contribution in [-0.2, 0) is 4.79 Å². The van der Waals surface area contributed by atoms with Gasteiger partial charge in [-0.1, -0.05) is 6.07 Å². The Bertz CT molecular complexity index is 968. The zero-order valence-corrected chi connectivity index (χ0v) is 14.9. The SMILES string of the molecule is O=C(NCCN1CCCCC1=O)c1cnc2ccc(-c3cn[nH]c3)cc2c1. The van der Waals surface area contributed by atoms with E-state index in [9.17, 15) is 9.59 Å². The number of aromatic nitrogens is 3. The number of H-pyrrole nitrogens is 1. The zero-order valence-electron chi connectivity index (χ0n) is 14.9. The predicted octanol–water partition coefficient (Wildman–Crippen LogP) is 2.37. The largest absolute Gasteiger partial charge is 0.350 e. The molecule has 4 rings (SSSR count). The van der Waals surface area contributed by atoms with Gasteiger partial charge in [0, 0.05) is 49.4 Å². The Morgan fingerprint density at radius 1 is 1.19 bits per heavy atom. The van der Waals surface area contributed by atoms with Gasteiger partial charge in [-0.05, 0) is 36.6 Å². The van der Waals surface area contributed by atoms with Gasteiger partial charge >= 0.3 is 0 Å². The van der Waals surface area contributed by atoms with Crippen molar-refractivity contribution in [3.63, 3.8) is 0 Å². The van der Waals surface area contributed by atoms with E-state index < -0.39 is 0 Å². The molecule has 0 spiro atoms. The van der Waals surface area contributed by atoms with Crippen LogP contribution in [0.3, 0.4) is 0 Å². The lowest BCUT2D eigenvalue weighted by Crippen LogP contribution is -2.41. The van der Waals surface area contributed by atoms with E-state index in [-0.39, 0.29) is 11.8 Å². The van der Waals surface area contributed by atoms with Gasteiger partial charge in [0.25, 0.3) is 5.91 Å². The molecule has 0 saturated carbocycles. The molecule has 27 heavy (non-hydrogen) atoms. The third-order valence-electron chi connectivity index (χ3n) is 4.86. The number of hydrogen-bond acceptors (Lipinski definition) is 4. The van der Waals surface area contributed by atoms with Crippen LogP contribution in [0.1, 0.15) is 29.6 Å². The monoisotopic (exact) mass is 363 g/mol. The molecule has 2 amide bonds. The number of carbonyl (C=O) groups is 2. The number of carbonyl (C=O) groups excluding carboxylic acids is 2. The van der Waals surface area contributed by atoms with Crippen molar-refractivity contribution in [2.24, 2.45) is 0 Å². The number of piperidine rings is 1. The zero-order chi connectivity index (χ0) is 18.6.